The third-order valence-corrected chi connectivity index (χ3v) is 7.54. The molecule has 1 atom stereocenters. The van der Waals surface area contributed by atoms with Crippen LogP contribution in [0.25, 0.3) is 5.65 Å². The predicted molar refractivity (Wildman–Crippen MR) is 154 cm³/mol. The Bertz CT molecular complexity index is 1440. The number of fused-ring (bicyclic) bond motifs is 1. The first-order valence-electron chi connectivity index (χ1n) is 13.4. The fraction of sp³-hybridized carbons (Fsp3) is 0.393. The second-order valence-corrected chi connectivity index (χ2v) is 10.8. The lowest BCUT2D eigenvalue weighted by atomic mass is 10.1. The molecule has 0 spiro atoms. The van der Waals surface area contributed by atoms with Crippen molar-refractivity contribution in [2.75, 3.05) is 42.6 Å². The fourth-order valence-corrected chi connectivity index (χ4v) is 5.07. The molecule has 0 saturated carbocycles. The standard InChI is InChI=1S/C17H20FN7OS.C11H13FO2/c1-22-7-6-16(20-22)23(2)27-21-17(26)14-9-19-15-4-3-13(11-25(14)15)24-8-5-12(18)10-24;12-9-1-3-10(4-2-9)14-11-5-7-13-8-6-11/h3-4,6-7,9,11-12H,5,8,10H2,1-2H3,(H,21,26);1-4,11H,5-8H2. The molecule has 1 amide bonds. The maximum Gasteiger partial charge on any atom is 0.281 e. The smallest absolute Gasteiger partial charge is 0.281 e. The number of aryl methyl sites for hydroxylation is 1. The number of ether oxygens (including phenoxy) is 2. The van der Waals surface area contributed by atoms with Crippen LogP contribution in [0.3, 0.4) is 0 Å². The molecular formula is C28H33F2N7O3S. The zero-order valence-electron chi connectivity index (χ0n) is 23.0. The normalized spacial score (nSPS) is 17.3. The lowest BCUT2D eigenvalue weighted by Crippen LogP contribution is -2.25. The van der Waals surface area contributed by atoms with Crippen LogP contribution in [0.15, 0.2) is 61.1 Å². The lowest BCUT2D eigenvalue weighted by molar-refractivity contribution is 0.0255. The molecule has 0 bridgehead atoms. The summed E-state index contributed by atoms with van der Waals surface area (Å²) in [5.41, 5.74) is 1.97. The summed E-state index contributed by atoms with van der Waals surface area (Å²) in [5, 5.41) is 4.28. The molecule has 2 saturated heterocycles. The molecule has 6 rings (SSSR count). The van der Waals surface area contributed by atoms with Gasteiger partial charge in [-0.1, -0.05) is 0 Å². The van der Waals surface area contributed by atoms with Crippen molar-refractivity contribution < 1.29 is 23.0 Å². The molecule has 1 N–H and O–H groups in total. The second kappa shape index (κ2) is 13.2. The van der Waals surface area contributed by atoms with E-state index in [1.807, 2.05) is 49.6 Å². The third-order valence-electron chi connectivity index (χ3n) is 6.80. The molecule has 13 heteroatoms. The van der Waals surface area contributed by atoms with Gasteiger partial charge in [0.05, 0.1) is 37.2 Å². The SMILES string of the molecule is CN(SNC(=O)c1cnc2ccc(N3CCC(F)C3)cn12)c1ccn(C)n1.Fc1ccc(OC2CCOCC2)cc1. The molecule has 2 fully saturated rings. The molecule has 10 nitrogen and oxygen atoms in total. The van der Waals surface area contributed by atoms with E-state index in [0.29, 0.717) is 30.9 Å². The number of anilines is 2. The van der Waals surface area contributed by atoms with E-state index in [4.69, 9.17) is 9.47 Å². The van der Waals surface area contributed by atoms with E-state index < -0.39 is 6.17 Å². The van der Waals surface area contributed by atoms with Gasteiger partial charge in [-0.25, -0.2) is 13.8 Å². The summed E-state index contributed by atoms with van der Waals surface area (Å²) in [6.07, 6.45) is 6.99. The minimum atomic E-state index is -0.801. The Morgan fingerprint density at radius 3 is 2.61 bits per heavy atom. The first-order chi connectivity index (χ1) is 19.9. The second-order valence-electron chi connectivity index (χ2n) is 9.84. The average Bonchev–Trinajstić information content (AvgIpc) is 3.73. The Kier molecular flexibility index (Phi) is 9.24. The van der Waals surface area contributed by atoms with Gasteiger partial charge >= 0.3 is 0 Å². The molecule has 2 aliphatic rings. The molecule has 41 heavy (non-hydrogen) atoms. The van der Waals surface area contributed by atoms with Crippen LogP contribution in [0.1, 0.15) is 29.8 Å². The van der Waals surface area contributed by atoms with Crippen molar-refractivity contribution in [3.05, 3.63) is 72.6 Å². The summed E-state index contributed by atoms with van der Waals surface area (Å²) >= 11 is 1.14. The summed E-state index contributed by atoms with van der Waals surface area (Å²) in [5.74, 6) is 0.970. The minimum absolute atomic E-state index is 0.217. The molecule has 0 aliphatic carbocycles. The summed E-state index contributed by atoms with van der Waals surface area (Å²) < 4.78 is 45.0. The number of halogens is 2. The van der Waals surface area contributed by atoms with Gasteiger partial charge in [0, 0.05) is 58.5 Å². The minimum Gasteiger partial charge on any atom is -0.490 e. The van der Waals surface area contributed by atoms with Gasteiger partial charge in [0.2, 0.25) is 0 Å². The Morgan fingerprint density at radius 1 is 1.15 bits per heavy atom. The summed E-state index contributed by atoms with van der Waals surface area (Å²) in [4.78, 5) is 18.9. The number of alkyl halides is 1. The Morgan fingerprint density at radius 2 is 1.93 bits per heavy atom. The molecule has 3 aromatic heterocycles. The van der Waals surface area contributed by atoms with Crippen LogP contribution < -0.4 is 18.7 Å². The van der Waals surface area contributed by atoms with Gasteiger partial charge in [0.25, 0.3) is 5.91 Å². The largest absolute Gasteiger partial charge is 0.490 e. The molecule has 1 aromatic carbocycles. The van der Waals surface area contributed by atoms with E-state index in [9.17, 15) is 13.6 Å². The highest BCUT2D eigenvalue weighted by atomic mass is 32.2. The predicted octanol–water partition coefficient (Wildman–Crippen LogP) is 4.43. The van der Waals surface area contributed by atoms with Gasteiger partial charge in [0.1, 0.15) is 35.2 Å². The van der Waals surface area contributed by atoms with Gasteiger partial charge < -0.3 is 14.4 Å². The van der Waals surface area contributed by atoms with Gasteiger partial charge in [-0.15, -0.1) is 0 Å². The van der Waals surface area contributed by atoms with Crippen molar-refractivity contribution in [2.24, 2.45) is 7.05 Å². The van der Waals surface area contributed by atoms with Gasteiger partial charge in [-0.3, -0.25) is 22.9 Å². The number of carbonyl (C=O) groups is 1. The van der Waals surface area contributed by atoms with Crippen LogP contribution in [0, 0.1) is 5.82 Å². The van der Waals surface area contributed by atoms with E-state index in [1.165, 1.54) is 18.3 Å². The maximum absolute atomic E-state index is 13.5. The van der Waals surface area contributed by atoms with Gasteiger partial charge in [-0.05, 0) is 42.8 Å². The number of carbonyl (C=O) groups excluding carboxylic acids is 1. The van der Waals surface area contributed by atoms with Crippen molar-refractivity contribution in [1.29, 1.82) is 0 Å². The molecular weight excluding hydrogens is 552 g/mol. The Balaban J connectivity index is 0.000000202. The first kappa shape index (κ1) is 28.7. The van der Waals surface area contributed by atoms with Crippen molar-refractivity contribution >= 4 is 35.2 Å². The maximum atomic E-state index is 13.5. The van der Waals surface area contributed by atoms with Crippen molar-refractivity contribution in [1.82, 2.24) is 23.9 Å². The fourth-order valence-electron chi connectivity index (χ4n) is 4.56. The highest BCUT2D eigenvalue weighted by molar-refractivity contribution is 7.99. The van der Waals surface area contributed by atoms with Crippen LogP contribution in [-0.2, 0) is 11.8 Å². The van der Waals surface area contributed by atoms with E-state index in [1.54, 1.807) is 25.5 Å². The quantitative estimate of drug-likeness (QED) is 0.319. The zero-order chi connectivity index (χ0) is 28.8. The number of nitrogens with zero attached hydrogens (tertiary/aromatic N) is 6. The number of hydrogen-bond acceptors (Lipinski definition) is 8. The van der Waals surface area contributed by atoms with Crippen LogP contribution in [0.4, 0.5) is 20.3 Å². The van der Waals surface area contributed by atoms with E-state index in [-0.39, 0.29) is 17.8 Å². The number of rotatable bonds is 7. The molecule has 4 aromatic rings. The summed E-state index contributed by atoms with van der Waals surface area (Å²) in [7, 11) is 3.66. The highest BCUT2D eigenvalue weighted by Crippen LogP contribution is 2.24. The van der Waals surface area contributed by atoms with Crippen LogP contribution in [-0.4, -0.2) is 70.7 Å². The molecule has 5 heterocycles. The summed E-state index contributed by atoms with van der Waals surface area (Å²) in [6.45, 7) is 2.57. The molecule has 0 radical (unpaired) electrons. The summed E-state index contributed by atoms with van der Waals surface area (Å²) in [6, 6.07) is 11.7. The van der Waals surface area contributed by atoms with Gasteiger partial charge in [0.15, 0.2) is 5.82 Å². The van der Waals surface area contributed by atoms with Crippen LogP contribution in [0.2, 0.25) is 0 Å². The molecule has 218 valence electrons. The number of nitrogens with one attached hydrogen (secondary N) is 1. The van der Waals surface area contributed by atoms with E-state index >= 15 is 0 Å². The first-order valence-corrected chi connectivity index (χ1v) is 14.2. The number of aromatic nitrogens is 4. The van der Waals surface area contributed by atoms with E-state index in [0.717, 1.165) is 55.4 Å². The van der Waals surface area contributed by atoms with Crippen molar-refractivity contribution in [3.63, 3.8) is 0 Å². The van der Waals surface area contributed by atoms with E-state index in [2.05, 4.69) is 14.8 Å². The number of hydrogen-bond donors (Lipinski definition) is 1. The molecule has 1 unspecified atom stereocenters. The van der Waals surface area contributed by atoms with Gasteiger partial charge in [-0.2, -0.15) is 5.10 Å². The monoisotopic (exact) mass is 585 g/mol. The van der Waals surface area contributed by atoms with Crippen molar-refractivity contribution in [2.45, 2.75) is 31.5 Å². The topological polar surface area (TPSA) is 89.2 Å². The van der Waals surface area contributed by atoms with Crippen LogP contribution in [0.5, 0.6) is 5.75 Å². The Hall–Kier alpha value is -3.84. The number of benzene rings is 1. The number of pyridine rings is 1. The third kappa shape index (κ3) is 7.47. The van der Waals surface area contributed by atoms with Crippen molar-refractivity contribution in [3.8, 4) is 5.75 Å². The highest BCUT2D eigenvalue weighted by Gasteiger charge is 2.23. The zero-order valence-corrected chi connectivity index (χ0v) is 23.8. The van der Waals surface area contributed by atoms with Crippen LogP contribution >= 0.6 is 12.1 Å². The number of imidazole rings is 1. The average molecular weight is 586 g/mol. The molecule has 2 aliphatic heterocycles. The Labute approximate surface area is 241 Å². The number of amides is 1. The lowest BCUT2D eigenvalue weighted by Gasteiger charge is -2.23.